The van der Waals surface area contributed by atoms with E-state index in [0.29, 0.717) is 12.2 Å². The summed E-state index contributed by atoms with van der Waals surface area (Å²) in [7, 11) is 0. The van der Waals surface area contributed by atoms with Crippen molar-refractivity contribution in [1.82, 2.24) is 0 Å². The van der Waals surface area contributed by atoms with E-state index in [9.17, 15) is 4.79 Å². The molecule has 74 valence electrons. The first-order chi connectivity index (χ1) is 6.00. The van der Waals surface area contributed by atoms with Gasteiger partial charge >= 0.3 is 5.97 Å². The molecule has 0 spiro atoms. The maximum absolute atomic E-state index is 11.2. The average molecular weight is 184 g/mol. The molecule has 0 aromatic carbocycles. The Morgan fingerprint density at radius 3 is 2.46 bits per heavy atom. The molecule has 1 unspecified atom stereocenters. The van der Waals surface area contributed by atoms with E-state index in [0.717, 1.165) is 0 Å². The van der Waals surface area contributed by atoms with Gasteiger partial charge in [-0.15, -0.1) is 0 Å². The molecule has 0 N–H and O–H groups in total. The fourth-order valence-corrected chi connectivity index (χ4v) is 1.48. The fraction of sp³-hybridized carbons (Fsp3) is 0.700. The molecule has 0 amide bonds. The predicted molar refractivity (Wildman–Crippen MR) is 48.8 cm³/mol. The predicted octanol–water partition coefficient (Wildman–Crippen LogP) is 2.23. The highest BCUT2D eigenvalue weighted by atomic mass is 16.7. The van der Waals surface area contributed by atoms with Crippen molar-refractivity contribution < 1.29 is 14.3 Å². The van der Waals surface area contributed by atoms with E-state index in [1.807, 2.05) is 20.8 Å². The topological polar surface area (TPSA) is 35.5 Å². The summed E-state index contributed by atoms with van der Waals surface area (Å²) in [5, 5.41) is 0. The van der Waals surface area contributed by atoms with Gasteiger partial charge in [-0.3, -0.25) is 0 Å². The lowest BCUT2D eigenvalue weighted by atomic mass is 9.99. The van der Waals surface area contributed by atoms with Gasteiger partial charge in [0.1, 0.15) is 5.76 Å². The Morgan fingerprint density at radius 2 is 2.08 bits per heavy atom. The van der Waals surface area contributed by atoms with Gasteiger partial charge in [0.05, 0.1) is 6.08 Å². The Labute approximate surface area is 78.7 Å². The molecule has 13 heavy (non-hydrogen) atoms. The summed E-state index contributed by atoms with van der Waals surface area (Å²) in [5.41, 5.74) is 0. The van der Waals surface area contributed by atoms with Gasteiger partial charge in [-0.05, 0) is 6.92 Å². The lowest BCUT2D eigenvalue weighted by Crippen LogP contribution is -2.44. The van der Waals surface area contributed by atoms with Crippen LogP contribution in [0.2, 0.25) is 0 Å². The van der Waals surface area contributed by atoms with Crippen LogP contribution in [0.25, 0.3) is 0 Å². The number of hydrogen-bond donors (Lipinski definition) is 0. The van der Waals surface area contributed by atoms with E-state index < -0.39 is 5.79 Å². The quantitative estimate of drug-likeness (QED) is 0.617. The van der Waals surface area contributed by atoms with Crippen LogP contribution >= 0.6 is 0 Å². The van der Waals surface area contributed by atoms with E-state index in [2.05, 4.69) is 0 Å². The van der Waals surface area contributed by atoms with Crippen molar-refractivity contribution in [2.75, 3.05) is 0 Å². The van der Waals surface area contributed by atoms with Crippen LogP contribution in [0, 0.1) is 5.92 Å². The van der Waals surface area contributed by atoms with Crippen molar-refractivity contribution in [3.05, 3.63) is 11.8 Å². The number of cyclic esters (lactones) is 1. The Hall–Kier alpha value is -0.990. The van der Waals surface area contributed by atoms with Gasteiger partial charge < -0.3 is 9.47 Å². The van der Waals surface area contributed by atoms with E-state index in [4.69, 9.17) is 9.47 Å². The molecule has 0 radical (unpaired) electrons. The second kappa shape index (κ2) is 3.40. The van der Waals surface area contributed by atoms with Crippen LogP contribution in [0.15, 0.2) is 11.8 Å². The molecule has 0 fully saturated rings. The molecule has 1 aliphatic rings. The van der Waals surface area contributed by atoms with Crippen molar-refractivity contribution in [2.45, 2.75) is 39.9 Å². The molecular formula is C10H16O3. The molecule has 0 saturated carbocycles. The summed E-state index contributed by atoms with van der Waals surface area (Å²) in [6.45, 7) is 7.68. The Bertz CT molecular complexity index is 243. The van der Waals surface area contributed by atoms with E-state index in [1.165, 1.54) is 6.08 Å². The third-order valence-electron chi connectivity index (χ3n) is 2.30. The number of carbonyl (C=O) groups excluding carboxylic acids is 1. The highest BCUT2D eigenvalue weighted by Crippen LogP contribution is 2.32. The Kier molecular flexibility index (Phi) is 2.64. The zero-order valence-electron chi connectivity index (χ0n) is 8.59. The standard InChI is InChI=1S/C10H16O3/c1-5-10(7(2)3)12-8(4)6-9(11)13-10/h6-7H,5H2,1-4H3. The van der Waals surface area contributed by atoms with E-state index in [-0.39, 0.29) is 11.9 Å². The Morgan fingerprint density at radius 1 is 1.46 bits per heavy atom. The number of rotatable bonds is 2. The molecule has 3 heteroatoms. The summed E-state index contributed by atoms with van der Waals surface area (Å²) in [5.74, 6) is -0.271. The summed E-state index contributed by atoms with van der Waals surface area (Å²) in [6.07, 6.45) is 2.04. The van der Waals surface area contributed by atoms with Crippen LogP contribution < -0.4 is 0 Å². The normalized spacial score (nSPS) is 28.1. The molecule has 0 aromatic rings. The van der Waals surface area contributed by atoms with Gasteiger partial charge in [0.2, 0.25) is 0 Å². The third-order valence-corrected chi connectivity index (χ3v) is 2.30. The molecule has 0 saturated heterocycles. The summed E-state index contributed by atoms with van der Waals surface area (Å²) in [4.78, 5) is 11.2. The van der Waals surface area contributed by atoms with Gasteiger partial charge in [-0.1, -0.05) is 20.8 Å². The molecule has 1 rings (SSSR count). The van der Waals surface area contributed by atoms with Crippen molar-refractivity contribution in [3.8, 4) is 0 Å². The van der Waals surface area contributed by atoms with Crippen LogP contribution in [0.3, 0.4) is 0 Å². The number of esters is 1. The van der Waals surface area contributed by atoms with Crippen molar-refractivity contribution >= 4 is 5.97 Å². The summed E-state index contributed by atoms with van der Waals surface area (Å²) < 4.78 is 10.8. The maximum atomic E-state index is 11.2. The maximum Gasteiger partial charge on any atom is 0.337 e. The van der Waals surface area contributed by atoms with Crippen LogP contribution in [-0.2, 0) is 14.3 Å². The minimum absolute atomic E-state index is 0.157. The van der Waals surface area contributed by atoms with Gasteiger partial charge in [0.25, 0.3) is 5.79 Å². The minimum atomic E-state index is -0.754. The van der Waals surface area contributed by atoms with Gasteiger partial charge in [0, 0.05) is 12.3 Å². The van der Waals surface area contributed by atoms with Gasteiger partial charge in [-0.25, -0.2) is 4.79 Å². The molecule has 1 atom stereocenters. The highest BCUT2D eigenvalue weighted by molar-refractivity contribution is 5.83. The minimum Gasteiger partial charge on any atom is -0.456 e. The number of hydrogen-bond acceptors (Lipinski definition) is 3. The molecule has 1 heterocycles. The van der Waals surface area contributed by atoms with Crippen LogP contribution in [0.5, 0.6) is 0 Å². The van der Waals surface area contributed by atoms with Gasteiger partial charge in [0.15, 0.2) is 0 Å². The SMILES string of the molecule is CCC1(C(C)C)OC(=O)C=C(C)O1. The molecule has 0 aliphatic carbocycles. The second-order valence-electron chi connectivity index (χ2n) is 3.60. The fourth-order valence-electron chi connectivity index (χ4n) is 1.48. The zero-order valence-corrected chi connectivity index (χ0v) is 8.59. The number of carbonyl (C=O) groups is 1. The van der Waals surface area contributed by atoms with Crippen LogP contribution in [-0.4, -0.2) is 11.8 Å². The number of allylic oxidation sites excluding steroid dienone is 1. The molecule has 3 nitrogen and oxygen atoms in total. The van der Waals surface area contributed by atoms with Crippen LogP contribution in [0.1, 0.15) is 34.1 Å². The first kappa shape index (κ1) is 10.1. The van der Waals surface area contributed by atoms with E-state index >= 15 is 0 Å². The highest BCUT2D eigenvalue weighted by Gasteiger charge is 2.40. The number of ether oxygens (including phenoxy) is 2. The van der Waals surface area contributed by atoms with Crippen LogP contribution in [0.4, 0.5) is 0 Å². The lowest BCUT2D eigenvalue weighted by molar-refractivity contribution is -0.240. The monoisotopic (exact) mass is 184 g/mol. The Balaban J connectivity index is 2.92. The first-order valence-corrected chi connectivity index (χ1v) is 4.60. The summed E-state index contributed by atoms with van der Waals surface area (Å²) >= 11 is 0. The first-order valence-electron chi connectivity index (χ1n) is 4.60. The second-order valence-corrected chi connectivity index (χ2v) is 3.60. The van der Waals surface area contributed by atoms with Crippen molar-refractivity contribution in [3.63, 3.8) is 0 Å². The molecule has 1 aliphatic heterocycles. The van der Waals surface area contributed by atoms with Crippen molar-refractivity contribution in [2.24, 2.45) is 5.92 Å². The third kappa shape index (κ3) is 1.85. The molecule has 0 bridgehead atoms. The van der Waals surface area contributed by atoms with Crippen molar-refractivity contribution in [1.29, 1.82) is 0 Å². The smallest absolute Gasteiger partial charge is 0.337 e. The van der Waals surface area contributed by atoms with Gasteiger partial charge in [-0.2, -0.15) is 0 Å². The lowest BCUT2D eigenvalue weighted by Gasteiger charge is -2.38. The largest absolute Gasteiger partial charge is 0.456 e. The zero-order chi connectivity index (χ0) is 10.1. The molecular weight excluding hydrogens is 168 g/mol. The average Bonchev–Trinajstić information content (AvgIpc) is 2.02. The molecule has 0 aromatic heterocycles. The summed E-state index contributed by atoms with van der Waals surface area (Å²) in [6, 6.07) is 0. The van der Waals surface area contributed by atoms with E-state index in [1.54, 1.807) is 6.92 Å².